The van der Waals surface area contributed by atoms with Crippen LogP contribution in [0.15, 0.2) is 30.6 Å². The second-order valence-electron chi connectivity index (χ2n) is 4.42. The largest absolute Gasteiger partial charge is 0.507 e. The van der Waals surface area contributed by atoms with Crippen LogP contribution in [0.2, 0.25) is 0 Å². The molecule has 0 bridgehead atoms. The lowest BCUT2D eigenvalue weighted by Crippen LogP contribution is -2.12. The first kappa shape index (κ1) is 13.1. The van der Waals surface area contributed by atoms with Gasteiger partial charge in [-0.15, -0.1) is 0 Å². The van der Waals surface area contributed by atoms with E-state index in [1.165, 1.54) is 6.20 Å². The number of aromatic nitrogens is 2. The number of phenols is 1. The van der Waals surface area contributed by atoms with Gasteiger partial charge in [-0.2, -0.15) is 5.10 Å². The van der Waals surface area contributed by atoms with E-state index in [-0.39, 0.29) is 17.4 Å². The number of rotatable bonds is 3. The second kappa shape index (κ2) is 5.09. The molecular formula is C13H14FN3O2. The van der Waals surface area contributed by atoms with Crippen molar-refractivity contribution in [3.05, 3.63) is 42.0 Å². The molecule has 19 heavy (non-hydrogen) atoms. The van der Waals surface area contributed by atoms with Crippen molar-refractivity contribution in [1.29, 1.82) is 0 Å². The Morgan fingerprint density at radius 2 is 2.21 bits per heavy atom. The van der Waals surface area contributed by atoms with Crippen LogP contribution in [0, 0.1) is 5.82 Å². The highest BCUT2D eigenvalue weighted by Crippen LogP contribution is 2.19. The van der Waals surface area contributed by atoms with Gasteiger partial charge in [-0.25, -0.2) is 4.39 Å². The zero-order valence-electron chi connectivity index (χ0n) is 10.6. The van der Waals surface area contributed by atoms with Crippen LogP contribution in [-0.4, -0.2) is 20.8 Å². The topological polar surface area (TPSA) is 67.2 Å². The number of benzene rings is 1. The van der Waals surface area contributed by atoms with E-state index in [9.17, 15) is 14.3 Å². The summed E-state index contributed by atoms with van der Waals surface area (Å²) in [6.45, 7) is 3.91. The summed E-state index contributed by atoms with van der Waals surface area (Å²) in [5.74, 6) is -1.43. The van der Waals surface area contributed by atoms with Crippen molar-refractivity contribution < 1.29 is 14.3 Å². The van der Waals surface area contributed by atoms with E-state index < -0.39 is 11.7 Å². The maximum atomic E-state index is 13.0. The van der Waals surface area contributed by atoms with Gasteiger partial charge in [0, 0.05) is 12.2 Å². The second-order valence-corrected chi connectivity index (χ2v) is 4.42. The Labute approximate surface area is 109 Å². The van der Waals surface area contributed by atoms with Crippen molar-refractivity contribution in [3.63, 3.8) is 0 Å². The molecule has 0 saturated heterocycles. The normalized spacial score (nSPS) is 10.7. The summed E-state index contributed by atoms with van der Waals surface area (Å²) in [4.78, 5) is 11.9. The molecule has 6 heteroatoms. The number of anilines is 1. The molecular weight excluding hydrogens is 249 g/mol. The summed E-state index contributed by atoms with van der Waals surface area (Å²) in [6, 6.07) is 3.38. The Morgan fingerprint density at radius 1 is 1.47 bits per heavy atom. The van der Waals surface area contributed by atoms with E-state index in [0.717, 1.165) is 18.2 Å². The fourth-order valence-electron chi connectivity index (χ4n) is 1.57. The molecule has 2 aromatic rings. The van der Waals surface area contributed by atoms with E-state index in [4.69, 9.17) is 0 Å². The van der Waals surface area contributed by atoms with Gasteiger partial charge in [-0.3, -0.25) is 9.48 Å². The molecule has 0 fully saturated rings. The Kier molecular flexibility index (Phi) is 3.50. The molecule has 0 aliphatic rings. The molecule has 0 radical (unpaired) electrons. The third-order valence-electron chi connectivity index (χ3n) is 2.59. The molecule has 100 valence electrons. The molecule has 0 unspecified atom stereocenters. The predicted molar refractivity (Wildman–Crippen MR) is 68.6 cm³/mol. The zero-order valence-corrected chi connectivity index (χ0v) is 10.6. The van der Waals surface area contributed by atoms with Crippen LogP contribution in [0.4, 0.5) is 10.1 Å². The van der Waals surface area contributed by atoms with E-state index >= 15 is 0 Å². The van der Waals surface area contributed by atoms with Gasteiger partial charge in [0.1, 0.15) is 11.6 Å². The van der Waals surface area contributed by atoms with Gasteiger partial charge in [0.25, 0.3) is 5.91 Å². The highest BCUT2D eigenvalue weighted by molar-refractivity contribution is 6.05. The lowest BCUT2D eigenvalue weighted by molar-refractivity contribution is 0.102. The third-order valence-corrected chi connectivity index (χ3v) is 2.59. The fraction of sp³-hybridized carbons (Fsp3) is 0.231. The Hall–Kier alpha value is -2.37. The molecule has 0 spiro atoms. The van der Waals surface area contributed by atoms with Gasteiger partial charge in [0.05, 0.1) is 17.4 Å². The molecule has 2 rings (SSSR count). The average molecular weight is 263 g/mol. The van der Waals surface area contributed by atoms with Crippen LogP contribution in [0.3, 0.4) is 0 Å². The first-order valence-electron chi connectivity index (χ1n) is 5.81. The number of hydrogen-bond acceptors (Lipinski definition) is 3. The molecule has 2 N–H and O–H groups in total. The summed E-state index contributed by atoms with van der Waals surface area (Å²) in [6.07, 6.45) is 3.16. The first-order valence-corrected chi connectivity index (χ1v) is 5.81. The third kappa shape index (κ3) is 2.90. The van der Waals surface area contributed by atoms with Crippen molar-refractivity contribution >= 4 is 11.6 Å². The maximum Gasteiger partial charge on any atom is 0.259 e. The minimum absolute atomic E-state index is 0.114. The van der Waals surface area contributed by atoms with Gasteiger partial charge >= 0.3 is 0 Å². The number of halogens is 1. The van der Waals surface area contributed by atoms with Crippen LogP contribution >= 0.6 is 0 Å². The van der Waals surface area contributed by atoms with Crippen molar-refractivity contribution in [1.82, 2.24) is 9.78 Å². The van der Waals surface area contributed by atoms with Crippen molar-refractivity contribution in [2.45, 2.75) is 19.9 Å². The zero-order chi connectivity index (χ0) is 14.0. The van der Waals surface area contributed by atoms with Crippen LogP contribution in [0.25, 0.3) is 0 Å². The van der Waals surface area contributed by atoms with Gasteiger partial charge in [-0.1, -0.05) is 0 Å². The highest BCUT2D eigenvalue weighted by Gasteiger charge is 2.13. The monoisotopic (exact) mass is 263 g/mol. The minimum Gasteiger partial charge on any atom is -0.507 e. The van der Waals surface area contributed by atoms with E-state index in [2.05, 4.69) is 10.4 Å². The number of carbonyl (C=O) groups excluding carboxylic acids is 1. The quantitative estimate of drug-likeness (QED) is 0.894. The van der Waals surface area contributed by atoms with Crippen molar-refractivity contribution in [2.75, 3.05) is 5.32 Å². The SMILES string of the molecule is CC(C)n1cc(NC(=O)c2cc(F)ccc2O)cn1. The standard InChI is InChI=1S/C13H14FN3O2/c1-8(2)17-7-10(6-15-17)16-13(19)11-5-9(14)3-4-12(11)18/h3-8,18H,1-2H3,(H,16,19). The average Bonchev–Trinajstić information content (AvgIpc) is 2.80. The molecule has 0 aliphatic carbocycles. The van der Waals surface area contributed by atoms with Crippen LogP contribution in [0.5, 0.6) is 5.75 Å². The van der Waals surface area contributed by atoms with E-state index in [0.29, 0.717) is 5.69 Å². The molecule has 1 heterocycles. The molecule has 0 saturated carbocycles. The summed E-state index contributed by atoms with van der Waals surface area (Å²) in [7, 11) is 0. The van der Waals surface area contributed by atoms with Gasteiger partial charge in [0.2, 0.25) is 0 Å². The number of nitrogens with one attached hydrogen (secondary N) is 1. The summed E-state index contributed by atoms with van der Waals surface area (Å²) in [5, 5.41) is 16.1. The fourth-order valence-corrected chi connectivity index (χ4v) is 1.57. The van der Waals surface area contributed by atoms with Crippen molar-refractivity contribution in [3.8, 4) is 5.75 Å². The summed E-state index contributed by atoms with van der Waals surface area (Å²) >= 11 is 0. The Balaban J connectivity index is 2.18. The van der Waals surface area contributed by atoms with Crippen LogP contribution in [-0.2, 0) is 0 Å². The summed E-state index contributed by atoms with van der Waals surface area (Å²) in [5.41, 5.74) is 0.375. The molecule has 1 aromatic heterocycles. The number of amides is 1. The number of carbonyl (C=O) groups is 1. The van der Waals surface area contributed by atoms with Gasteiger partial charge in [0.15, 0.2) is 0 Å². The van der Waals surface area contributed by atoms with E-state index in [1.54, 1.807) is 10.9 Å². The maximum absolute atomic E-state index is 13.0. The molecule has 1 aromatic carbocycles. The molecule has 5 nitrogen and oxygen atoms in total. The molecule has 1 amide bonds. The Bertz CT molecular complexity index is 608. The number of nitrogens with zero attached hydrogens (tertiary/aromatic N) is 2. The lowest BCUT2D eigenvalue weighted by Gasteiger charge is -2.05. The predicted octanol–water partition coefficient (Wildman–Crippen LogP) is 2.56. The first-order chi connectivity index (χ1) is 8.97. The molecule has 0 aliphatic heterocycles. The van der Waals surface area contributed by atoms with E-state index in [1.807, 2.05) is 13.8 Å². The smallest absolute Gasteiger partial charge is 0.259 e. The van der Waals surface area contributed by atoms with Crippen molar-refractivity contribution in [2.24, 2.45) is 0 Å². The minimum atomic E-state index is -0.583. The number of hydrogen-bond donors (Lipinski definition) is 2. The van der Waals surface area contributed by atoms with Crippen LogP contribution < -0.4 is 5.32 Å². The molecule has 0 atom stereocenters. The van der Waals surface area contributed by atoms with Gasteiger partial charge in [-0.05, 0) is 32.0 Å². The summed E-state index contributed by atoms with van der Waals surface area (Å²) < 4.78 is 14.7. The van der Waals surface area contributed by atoms with Crippen LogP contribution in [0.1, 0.15) is 30.2 Å². The number of phenolic OH excluding ortho intramolecular Hbond substituents is 1. The highest BCUT2D eigenvalue weighted by atomic mass is 19.1. The Morgan fingerprint density at radius 3 is 2.84 bits per heavy atom. The lowest BCUT2D eigenvalue weighted by atomic mass is 10.2. The van der Waals surface area contributed by atoms with Gasteiger partial charge < -0.3 is 10.4 Å². The number of aromatic hydroxyl groups is 1.